The van der Waals surface area contributed by atoms with Gasteiger partial charge in [-0.25, -0.2) is 0 Å². The van der Waals surface area contributed by atoms with Crippen LogP contribution in [-0.4, -0.2) is 12.1 Å². The molecule has 1 heteroatoms. The molecule has 1 fully saturated rings. The second kappa shape index (κ2) is 1.35. The number of rotatable bonds is 0. The Balaban J connectivity index is 2.13. The minimum Gasteiger partial charge on any atom is -0.304 e. The van der Waals surface area contributed by atoms with Crippen LogP contribution in [0.15, 0.2) is 12.2 Å². The van der Waals surface area contributed by atoms with Gasteiger partial charge >= 0.3 is 0 Å². The Kier molecular flexibility index (Phi) is 0.770. The van der Waals surface area contributed by atoms with Gasteiger partial charge in [0.15, 0.2) is 0 Å². The van der Waals surface area contributed by atoms with E-state index in [9.17, 15) is 0 Å². The molecule has 0 atom stereocenters. The summed E-state index contributed by atoms with van der Waals surface area (Å²) in [6.07, 6.45) is 8.71. The van der Waals surface area contributed by atoms with Crippen LogP contribution in [0.5, 0.6) is 0 Å². The van der Waals surface area contributed by atoms with E-state index in [1.807, 2.05) is 0 Å². The van der Waals surface area contributed by atoms with Crippen molar-refractivity contribution in [1.82, 2.24) is 5.32 Å². The topological polar surface area (TPSA) is 12.0 Å². The first-order chi connectivity index (χ1) is 3.91. The van der Waals surface area contributed by atoms with Crippen molar-refractivity contribution in [2.45, 2.75) is 24.8 Å². The molecule has 8 heavy (non-hydrogen) atoms. The van der Waals surface area contributed by atoms with Crippen LogP contribution < -0.4 is 5.32 Å². The average Bonchev–Trinajstić information content (AvgIpc) is 2.07. The Hall–Kier alpha value is -0.300. The van der Waals surface area contributed by atoms with Crippen LogP contribution in [0, 0.1) is 0 Å². The van der Waals surface area contributed by atoms with Gasteiger partial charge in [-0.2, -0.15) is 0 Å². The number of hydrogen-bond acceptors (Lipinski definition) is 1. The van der Waals surface area contributed by atoms with Gasteiger partial charge < -0.3 is 5.32 Å². The summed E-state index contributed by atoms with van der Waals surface area (Å²) >= 11 is 0. The molecule has 1 N–H and O–H groups in total. The van der Waals surface area contributed by atoms with Crippen LogP contribution in [0.2, 0.25) is 0 Å². The smallest absolute Gasteiger partial charge is 0.0367 e. The van der Waals surface area contributed by atoms with Crippen LogP contribution in [0.4, 0.5) is 0 Å². The van der Waals surface area contributed by atoms with E-state index in [2.05, 4.69) is 17.5 Å². The van der Waals surface area contributed by atoms with Crippen LogP contribution in [-0.2, 0) is 0 Å². The summed E-state index contributed by atoms with van der Waals surface area (Å²) in [6.45, 7) is 1.10. The third-order valence-electron chi connectivity index (χ3n) is 2.25. The van der Waals surface area contributed by atoms with E-state index >= 15 is 0 Å². The molecule has 0 aromatic rings. The molecule has 0 amide bonds. The molecule has 0 saturated heterocycles. The fraction of sp³-hybridized carbons (Fsp3) is 0.714. The molecule has 44 valence electrons. The van der Waals surface area contributed by atoms with Gasteiger partial charge in [0, 0.05) is 12.1 Å². The van der Waals surface area contributed by atoms with Gasteiger partial charge in [0.1, 0.15) is 0 Å². The van der Waals surface area contributed by atoms with Crippen molar-refractivity contribution < 1.29 is 0 Å². The van der Waals surface area contributed by atoms with Crippen molar-refractivity contribution in [2.75, 3.05) is 6.54 Å². The number of nitrogens with one attached hydrogen (secondary N) is 1. The third-order valence-corrected chi connectivity index (χ3v) is 2.25. The molecule has 1 spiro atoms. The summed E-state index contributed by atoms with van der Waals surface area (Å²) in [7, 11) is 0. The standard InChI is InChI=1S/C7H11N/c1-3-7(4-1)5-2-6-8-7/h2,5,8H,1,3-4,6H2. The summed E-state index contributed by atoms with van der Waals surface area (Å²) < 4.78 is 0. The summed E-state index contributed by atoms with van der Waals surface area (Å²) in [5.41, 5.74) is 0.486. The lowest BCUT2D eigenvalue weighted by molar-refractivity contribution is 0.268. The molecular formula is C7H11N. The normalized spacial score (nSPS) is 31.0. The van der Waals surface area contributed by atoms with Gasteiger partial charge in [0.2, 0.25) is 0 Å². The van der Waals surface area contributed by atoms with Gasteiger partial charge in [0.05, 0.1) is 0 Å². The Morgan fingerprint density at radius 3 is 2.50 bits per heavy atom. The van der Waals surface area contributed by atoms with Gasteiger partial charge in [-0.05, 0) is 19.3 Å². The summed E-state index contributed by atoms with van der Waals surface area (Å²) in [5, 5.41) is 3.46. The maximum atomic E-state index is 3.46. The summed E-state index contributed by atoms with van der Waals surface area (Å²) in [4.78, 5) is 0. The SMILES string of the molecule is C1=CC2(CCC2)NC1. The summed E-state index contributed by atoms with van der Waals surface area (Å²) in [5.74, 6) is 0. The monoisotopic (exact) mass is 109 g/mol. The first-order valence-corrected chi connectivity index (χ1v) is 3.34. The summed E-state index contributed by atoms with van der Waals surface area (Å²) in [6, 6.07) is 0. The second-order valence-corrected chi connectivity index (χ2v) is 2.79. The highest BCUT2D eigenvalue weighted by Gasteiger charge is 2.35. The molecule has 0 radical (unpaired) electrons. The van der Waals surface area contributed by atoms with E-state index in [0.717, 1.165) is 6.54 Å². The van der Waals surface area contributed by atoms with Crippen LogP contribution in [0.3, 0.4) is 0 Å². The van der Waals surface area contributed by atoms with Crippen molar-refractivity contribution in [3.05, 3.63) is 12.2 Å². The molecule has 1 saturated carbocycles. The number of hydrogen-bond donors (Lipinski definition) is 1. The molecule has 0 unspecified atom stereocenters. The van der Waals surface area contributed by atoms with E-state index in [-0.39, 0.29) is 0 Å². The lowest BCUT2D eigenvalue weighted by Gasteiger charge is -2.37. The predicted octanol–water partition coefficient (Wildman–Crippen LogP) is 1.07. The molecule has 0 bridgehead atoms. The van der Waals surface area contributed by atoms with Crippen molar-refractivity contribution in [3.63, 3.8) is 0 Å². The Labute approximate surface area is 49.8 Å². The molecule has 1 aliphatic carbocycles. The molecule has 1 heterocycles. The van der Waals surface area contributed by atoms with Gasteiger partial charge in [-0.15, -0.1) is 0 Å². The fourth-order valence-electron chi connectivity index (χ4n) is 1.51. The lowest BCUT2D eigenvalue weighted by atomic mass is 9.78. The van der Waals surface area contributed by atoms with Crippen LogP contribution in [0.1, 0.15) is 19.3 Å². The Morgan fingerprint density at radius 2 is 2.25 bits per heavy atom. The first-order valence-electron chi connectivity index (χ1n) is 3.34. The van der Waals surface area contributed by atoms with E-state index in [1.54, 1.807) is 0 Å². The van der Waals surface area contributed by atoms with E-state index < -0.39 is 0 Å². The van der Waals surface area contributed by atoms with Crippen molar-refractivity contribution >= 4 is 0 Å². The molecule has 1 aliphatic heterocycles. The zero-order valence-electron chi connectivity index (χ0n) is 4.98. The minimum atomic E-state index is 0.486. The average molecular weight is 109 g/mol. The van der Waals surface area contributed by atoms with Crippen LogP contribution in [0.25, 0.3) is 0 Å². The highest BCUT2D eigenvalue weighted by Crippen LogP contribution is 2.34. The molecule has 2 rings (SSSR count). The minimum absolute atomic E-state index is 0.486. The Morgan fingerprint density at radius 1 is 1.38 bits per heavy atom. The molecular weight excluding hydrogens is 98.1 g/mol. The van der Waals surface area contributed by atoms with Crippen molar-refractivity contribution in [2.24, 2.45) is 0 Å². The fourth-order valence-corrected chi connectivity index (χ4v) is 1.51. The largest absolute Gasteiger partial charge is 0.304 e. The molecule has 0 aromatic heterocycles. The quantitative estimate of drug-likeness (QED) is 0.459. The van der Waals surface area contributed by atoms with E-state index in [4.69, 9.17) is 0 Å². The van der Waals surface area contributed by atoms with Crippen molar-refractivity contribution in [3.8, 4) is 0 Å². The van der Waals surface area contributed by atoms with Crippen LogP contribution >= 0.6 is 0 Å². The first kappa shape index (κ1) is 4.57. The zero-order chi connectivity index (χ0) is 5.45. The maximum Gasteiger partial charge on any atom is 0.0367 e. The molecule has 2 aliphatic rings. The highest BCUT2D eigenvalue weighted by atomic mass is 15.0. The van der Waals surface area contributed by atoms with Crippen molar-refractivity contribution in [1.29, 1.82) is 0 Å². The van der Waals surface area contributed by atoms with Gasteiger partial charge in [0.25, 0.3) is 0 Å². The third kappa shape index (κ3) is 0.451. The Bertz CT molecular complexity index is 122. The van der Waals surface area contributed by atoms with E-state index in [1.165, 1.54) is 19.3 Å². The highest BCUT2D eigenvalue weighted by molar-refractivity contribution is 5.17. The molecule has 1 nitrogen and oxygen atoms in total. The maximum absolute atomic E-state index is 3.46. The van der Waals surface area contributed by atoms with Gasteiger partial charge in [-0.1, -0.05) is 12.2 Å². The molecule has 0 aromatic carbocycles. The van der Waals surface area contributed by atoms with E-state index in [0.29, 0.717) is 5.54 Å². The predicted molar refractivity (Wildman–Crippen MR) is 33.7 cm³/mol. The van der Waals surface area contributed by atoms with Gasteiger partial charge in [-0.3, -0.25) is 0 Å². The second-order valence-electron chi connectivity index (χ2n) is 2.79. The lowest BCUT2D eigenvalue weighted by Crippen LogP contribution is -2.45. The zero-order valence-corrected chi connectivity index (χ0v) is 4.98.